The molecule has 0 aliphatic carbocycles. The molecule has 2 heterocycles. The predicted octanol–water partition coefficient (Wildman–Crippen LogP) is 2.89. The van der Waals surface area contributed by atoms with Gasteiger partial charge in [0.05, 0.1) is 6.04 Å². The van der Waals surface area contributed by atoms with Crippen molar-refractivity contribution in [2.45, 2.75) is 51.2 Å². The van der Waals surface area contributed by atoms with Gasteiger partial charge in [0.25, 0.3) is 0 Å². The van der Waals surface area contributed by atoms with Crippen LogP contribution in [0, 0.1) is 0 Å². The van der Waals surface area contributed by atoms with Crippen molar-refractivity contribution in [1.29, 1.82) is 0 Å². The van der Waals surface area contributed by atoms with Crippen LogP contribution in [0.3, 0.4) is 0 Å². The fourth-order valence-corrected chi connectivity index (χ4v) is 3.60. The van der Waals surface area contributed by atoms with E-state index in [0.717, 1.165) is 25.3 Å². The van der Waals surface area contributed by atoms with Gasteiger partial charge in [0.1, 0.15) is 11.4 Å². The molecule has 110 valence electrons. The van der Waals surface area contributed by atoms with Crippen LogP contribution in [0.5, 0.6) is 5.75 Å². The van der Waals surface area contributed by atoms with Crippen LogP contribution in [0.1, 0.15) is 50.3 Å². The van der Waals surface area contributed by atoms with Crippen molar-refractivity contribution in [3.05, 3.63) is 29.3 Å². The maximum atomic E-state index is 6.22. The Balaban J connectivity index is 1.91. The van der Waals surface area contributed by atoms with Crippen LogP contribution in [0.15, 0.2) is 18.2 Å². The molecule has 3 rings (SSSR count). The van der Waals surface area contributed by atoms with Crippen molar-refractivity contribution in [2.24, 2.45) is 5.73 Å². The number of rotatable bonds is 3. The van der Waals surface area contributed by atoms with Gasteiger partial charge in [0.15, 0.2) is 0 Å². The smallest absolute Gasteiger partial charge is 0.128 e. The molecule has 0 aromatic heterocycles. The van der Waals surface area contributed by atoms with Crippen LogP contribution in [0.25, 0.3) is 0 Å². The van der Waals surface area contributed by atoms with Crippen molar-refractivity contribution in [1.82, 2.24) is 4.90 Å². The minimum absolute atomic E-state index is 0.0838. The number of piperidine rings is 1. The number of nitrogens with two attached hydrogens (primary N) is 1. The summed E-state index contributed by atoms with van der Waals surface area (Å²) in [4.78, 5) is 2.54. The molecule has 2 aliphatic heterocycles. The molecule has 2 aliphatic rings. The zero-order valence-electron chi connectivity index (χ0n) is 12.7. The molecule has 0 radical (unpaired) electrons. The molecule has 1 unspecified atom stereocenters. The number of hydrogen-bond acceptors (Lipinski definition) is 3. The van der Waals surface area contributed by atoms with Crippen molar-refractivity contribution in [3.63, 3.8) is 0 Å². The van der Waals surface area contributed by atoms with Crippen LogP contribution in [0.4, 0.5) is 0 Å². The van der Waals surface area contributed by atoms with Gasteiger partial charge in [-0.25, -0.2) is 0 Å². The van der Waals surface area contributed by atoms with E-state index >= 15 is 0 Å². The SMILES string of the molecule is CC1(C)Cc2cccc(C(CN)N3CCCCC3)c2O1. The molecule has 20 heavy (non-hydrogen) atoms. The number of ether oxygens (including phenoxy) is 1. The fourth-order valence-electron chi connectivity index (χ4n) is 3.60. The number of nitrogens with zero attached hydrogens (tertiary/aromatic N) is 1. The number of likely N-dealkylation sites (tertiary alicyclic amines) is 1. The van der Waals surface area contributed by atoms with Gasteiger partial charge in [0, 0.05) is 18.5 Å². The largest absolute Gasteiger partial charge is 0.487 e. The summed E-state index contributed by atoms with van der Waals surface area (Å²) in [5.74, 6) is 1.10. The lowest BCUT2D eigenvalue weighted by molar-refractivity contribution is 0.127. The van der Waals surface area contributed by atoms with Gasteiger partial charge in [-0.15, -0.1) is 0 Å². The zero-order valence-corrected chi connectivity index (χ0v) is 12.7. The molecule has 0 bridgehead atoms. The third-order valence-electron chi connectivity index (χ3n) is 4.54. The molecule has 1 aromatic carbocycles. The van der Waals surface area contributed by atoms with Crippen molar-refractivity contribution in [2.75, 3.05) is 19.6 Å². The summed E-state index contributed by atoms with van der Waals surface area (Å²) in [7, 11) is 0. The minimum Gasteiger partial charge on any atom is -0.487 e. The van der Waals surface area contributed by atoms with E-state index in [1.165, 1.54) is 30.4 Å². The first-order valence-corrected chi connectivity index (χ1v) is 7.86. The van der Waals surface area contributed by atoms with E-state index in [2.05, 4.69) is 36.9 Å². The van der Waals surface area contributed by atoms with Crippen molar-refractivity contribution >= 4 is 0 Å². The van der Waals surface area contributed by atoms with E-state index in [4.69, 9.17) is 10.5 Å². The Morgan fingerprint density at radius 1 is 1.25 bits per heavy atom. The first kappa shape index (κ1) is 13.9. The zero-order chi connectivity index (χ0) is 14.2. The average molecular weight is 274 g/mol. The summed E-state index contributed by atoms with van der Waals surface area (Å²) < 4.78 is 6.22. The molecular weight excluding hydrogens is 248 g/mol. The lowest BCUT2D eigenvalue weighted by atomic mass is 9.96. The van der Waals surface area contributed by atoms with Crippen LogP contribution in [-0.4, -0.2) is 30.1 Å². The Kier molecular flexibility index (Phi) is 3.74. The summed E-state index contributed by atoms with van der Waals surface area (Å²) in [6.45, 7) is 7.31. The highest BCUT2D eigenvalue weighted by Gasteiger charge is 2.34. The molecule has 0 saturated carbocycles. The summed E-state index contributed by atoms with van der Waals surface area (Å²) >= 11 is 0. The number of hydrogen-bond donors (Lipinski definition) is 1. The molecule has 1 aromatic rings. The van der Waals surface area contributed by atoms with Crippen LogP contribution < -0.4 is 10.5 Å². The van der Waals surface area contributed by atoms with Gasteiger partial charge >= 0.3 is 0 Å². The van der Waals surface area contributed by atoms with E-state index < -0.39 is 0 Å². The van der Waals surface area contributed by atoms with Crippen LogP contribution in [-0.2, 0) is 6.42 Å². The van der Waals surface area contributed by atoms with Gasteiger partial charge in [-0.2, -0.15) is 0 Å². The van der Waals surface area contributed by atoms with Gasteiger partial charge in [-0.05, 0) is 45.3 Å². The van der Waals surface area contributed by atoms with Crippen LogP contribution >= 0.6 is 0 Å². The molecule has 3 nitrogen and oxygen atoms in total. The highest BCUT2D eigenvalue weighted by Crippen LogP contribution is 2.41. The molecule has 0 spiro atoms. The van der Waals surface area contributed by atoms with E-state index in [1.54, 1.807) is 0 Å². The number of para-hydroxylation sites is 1. The lowest BCUT2D eigenvalue weighted by Gasteiger charge is -2.35. The quantitative estimate of drug-likeness (QED) is 0.921. The highest BCUT2D eigenvalue weighted by molar-refractivity contribution is 5.47. The Bertz CT molecular complexity index is 478. The monoisotopic (exact) mass is 274 g/mol. The Morgan fingerprint density at radius 3 is 2.70 bits per heavy atom. The Labute approximate surface area is 122 Å². The third kappa shape index (κ3) is 2.57. The van der Waals surface area contributed by atoms with E-state index in [1.807, 2.05) is 0 Å². The molecule has 1 atom stereocenters. The first-order chi connectivity index (χ1) is 9.61. The standard InChI is InChI=1S/C17H26N2O/c1-17(2)11-13-7-6-8-14(16(13)20-17)15(12-18)19-9-4-3-5-10-19/h6-8,15H,3-5,9-12,18H2,1-2H3. The third-order valence-corrected chi connectivity index (χ3v) is 4.54. The number of benzene rings is 1. The highest BCUT2D eigenvalue weighted by atomic mass is 16.5. The summed E-state index contributed by atoms with van der Waals surface area (Å²) in [6, 6.07) is 6.86. The van der Waals surface area contributed by atoms with E-state index in [-0.39, 0.29) is 5.60 Å². The molecule has 2 N–H and O–H groups in total. The molecule has 0 amide bonds. The lowest BCUT2D eigenvalue weighted by Crippen LogP contribution is -2.37. The maximum absolute atomic E-state index is 6.22. The van der Waals surface area contributed by atoms with Crippen LogP contribution in [0.2, 0.25) is 0 Å². The normalized spacial score (nSPS) is 23.1. The van der Waals surface area contributed by atoms with Crippen molar-refractivity contribution in [3.8, 4) is 5.75 Å². The van der Waals surface area contributed by atoms with Gasteiger partial charge in [-0.3, -0.25) is 4.90 Å². The predicted molar refractivity (Wildman–Crippen MR) is 82.1 cm³/mol. The number of fused-ring (bicyclic) bond motifs is 1. The van der Waals surface area contributed by atoms with Gasteiger partial charge < -0.3 is 10.5 Å². The summed E-state index contributed by atoms with van der Waals surface area (Å²) in [5.41, 5.74) is 8.64. The maximum Gasteiger partial charge on any atom is 0.128 e. The fraction of sp³-hybridized carbons (Fsp3) is 0.647. The summed E-state index contributed by atoms with van der Waals surface area (Å²) in [6.07, 6.45) is 4.92. The van der Waals surface area contributed by atoms with Crippen molar-refractivity contribution < 1.29 is 4.74 Å². The van der Waals surface area contributed by atoms with E-state index in [0.29, 0.717) is 12.6 Å². The topological polar surface area (TPSA) is 38.5 Å². The second-order valence-corrected chi connectivity index (χ2v) is 6.72. The second-order valence-electron chi connectivity index (χ2n) is 6.72. The second kappa shape index (κ2) is 5.38. The van der Waals surface area contributed by atoms with Gasteiger partial charge in [-0.1, -0.05) is 24.6 Å². The van der Waals surface area contributed by atoms with Gasteiger partial charge in [0.2, 0.25) is 0 Å². The Hall–Kier alpha value is -1.06. The van der Waals surface area contributed by atoms with E-state index in [9.17, 15) is 0 Å². The first-order valence-electron chi connectivity index (χ1n) is 7.86. The molecule has 3 heteroatoms. The average Bonchev–Trinajstić information content (AvgIpc) is 2.75. The minimum atomic E-state index is -0.0838. The summed E-state index contributed by atoms with van der Waals surface area (Å²) in [5, 5.41) is 0. The Morgan fingerprint density at radius 2 is 2.00 bits per heavy atom. The molecule has 1 saturated heterocycles. The molecular formula is C17H26N2O. The molecule has 1 fully saturated rings.